The van der Waals surface area contributed by atoms with Crippen LogP contribution in [0, 0.1) is 29.6 Å². The minimum absolute atomic E-state index is 0.0147. The molecule has 37 heteroatoms. The van der Waals surface area contributed by atoms with Gasteiger partial charge in [-0.15, -0.1) is 0 Å². The van der Waals surface area contributed by atoms with Gasteiger partial charge in [-0.25, -0.2) is 28.8 Å². The zero-order valence-corrected chi connectivity index (χ0v) is 58.2. The van der Waals surface area contributed by atoms with Crippen LogP contribution in [0.4, 0.5) is 87.8 Å². The molecule has 0 aromatic heterocycles. The van der Waals surface area contributed by atoms with Crippen molar-refractivity contribution in [3.63, 3.8) is 0 Å². The molecule has 0 radical (unpaired) electrons. The summed E-state index contributed by atoms with van der Waals surface area (Å²) < 4.78 is 280. The third kappa shape index (κ3) is 30.1. The number of hydrogen-bond acceptors (Lipinski definition) is 17. The smallest absolute Gasteiger partial charge is 0.426 e. The Bertz CT molecular complexity index is 2840. The zero-order chi connectivity index (χ0) is 81.4. The summed E-state index contributed by atoms with van der Waals surface area (Å²) in [6, 6.07) is 0. The summed E-state index contributed by atoms with van der Waals surface area (Å²) in [5.41, 5.74) is -15.8. The maximum atomic E-state index is 13.3. The Morgan fingerprint density at radius 3 is 1.21 bits per heavy atom. The Hall–Kier alpha value is -6.34. The number of hydrogen-bond donors (Lipinski definition) is 5. The molecule has 0 saturated heterocycles. The molecule has 0 aromatic rings. The Balaban J connectivity index is -0.00000116. The molecule has 0 spiro atoms. The van der Waals surface area contributed by atoms with Crippen LogP contribution in [0.3, 0.4) is 0 Å². The Morgan fingerprint density at radius 1 is 0.505 bits per heavy atom. The fraction of sp³-hybridized carbons (Fsp3) is 0.719. The largest absolute Gasteiger partial charge is 0.464 e. The predicted octanol–water partition coefficient (Wildman–Crippen LogP) is 14.6. The zero-order valence-electron chi connectivity index (χ0n) is 58.2. The van der Waals surface area contributed by atoms with Crippen LogP contribution in [0.15, 0.2) is 72.9 Å². The van der Waals surface area contributed by atoms with E-state index in [2.05, 4.69) is 51.8 Å². The molecule has 2 bridgehead atoms. The average Bonchev–Trinajstić information content (AvgIpc) is 1.06. The molecule has 5 N–H and O–H groups in total. The molecule has 2 saturated carbocycles. The number of rotatable bonds is 20. The lowest BCUT2D eigenvalue weighted by Crippen LogP contribution is -2.63. The van der Waals surface area contributed by atoms with Crippen molar-refractivity contribution < 1.29 is 171 Å². The molecule has 17 nitrogen and oxygen atoms in total. The minimum Gasteiger partial charge on any atom is -0.464 e. The van der Waals surface area contributed by atoms with Crippen LogP contribution in [0.2, 0.25) is 0 Å². The molecule has 0 amide bonds. The van der Waals surface area contributed by atoms with Gasteiger partial charge in [-0.05, 0) is 166 Å². The first-order valence-electron chi connectivity index (χ1n) is 30.0. The van der Waals surface area contributed by atoms with Gasteiger partial charge in [-0.1, -0.05) is 52.0 Å². The highest BCUT2D eigenvalue weighted by atomic mass is 19.4. The fourth-order valence-electron chi connectivity index (χ4n) is 8.74. The molecule has 588 valence electrons. The topological polar surface area (TPSA) is 259 Å². The maximum absolute atomic E-state index is 13.3. The standard InChI is InChI=1S/C16H22F6O4.C11H12F6O.C10H15F3O3.C10H14F2O4.C10H18O3.C7H9F3O2/c1-8(2)12(23)26-11-6-9(13(3,4)24)5-10(7-11)14(25,15(17,18)19)16(20,21)22;12-10(13,14)9(18,11(15,16)17)5-8-4-6-1-2-7(8)3-6;1-6(2)8(14)16-7(3)5-9(4,15)10(11,12)13;1-5-7(16-8(13)6(2)3)10(11,12)9(14)15-4;1-7(2)8(11)13-10(5,6)9(3,4)12;1-4(2)6(11)12-5(3)7(8,9)10/h9-11,24-25H,1,5-7H2,2-4H3;1-2,6-8,18H,3-5H2;7,15H,1,5H2,2-4H3;7H,2,5H2,1,3-4H3;12H,1H2,2-6H3;5H,1H2,2-3H3. The maximum Gasteiger partial charge on any atom is 0.426 e. The lowest BCUT2D eigenvalue weighted by molar-refractivity contribution is -0.390. The van der Waals surface area contributed by atoms with Crippen molar-refractivity contribution in [2.24, 2.45) is 29.6 Å². The number of halogens is 20. The number of carbonyl (C=O) groups is 6. The number of esters is 6. The van der Waals surface area contributed by atoms with Crippen molar-refractivity contribution in [3.05, 3.63) is 72.9 Å². The highest BCUT2D eigenvalue weighted by molar-refractivity contribution is 5.89. The third-order valence-corrected chi connectivity index (χ3v) is 15.7. The molecule has 3 aliphatic carbocycles. The van der Waals surface area contributed by atoms with Crippen LogP contribution in [-0.2, 0) is 57.2 Å². The van der Waals surface area contributed by atoms with Crippen molar-refractivity contribution in [2.45, 2.75) is 256 Å². The molecule has 0 aliphatic heterocycles. The van der Waals surface area contributed by atoms with Crippen LogP contribution in [-0.4, -0.2) is 169 Å². The second kappa shape index (κ2) is 36.9. The van der Waals surface area contributed by atoms with Crippen LogP contribution in [0.25, 0.3) is 0 Å². The fourth-order valence-corrected chi connectivity index (χ4v) is 8.74. The Morgan fingerprint density at radius 2 is 0.901 bits per heavy atom. The van der Waals surface area contributed by atoms with Gasteiger partial charge in [0.2, 0.25) is 0 Å². The van der Waals surface area contributed by atoms with Gasteiger partial charge in [0.05, 0.1) is 18.3 Å². The van der Waals surface area contributed by atoms with E-state index in [0.29, 0.717) is 18.9 Å². The first kappa shape index (κ1) is 98.8. The van der Waals surface area contributed by atoms with Crippen molar-refractivity contribution in [3.8, 4) is 0 Å². The molecule has 3 aliphatic rings. The highest BCUT2D eigenvalue weighted by Crippen LogP contribution is 2.55. The second-order valence-corrected chi connectivity index (χ2v) is 26.2. The van der Waals surface area contributed by atoms with Crippen LogP contribution < -0.4 is 0 Å². The van der Waals surface area contributed by atoms with Crippen LogP contribution in [0.5, 0.6) is 0 Å². The summed E-state index contributed by atoms with van der Waals surface area (Å²) in [6.07, 6.45) is -38.5. The number of carbonyl (C=O) groups excluding carboxylic acids is 6. The first-order valence-corrected chi connectivity index (χ1v) is 30.0. The van der Waals surface area contributed by atoms with Crippen molar-refractivity contribution in [1.82, 2.24) is 0 Å². The number of fused-ring (bicyclic) bond motifs is 2. The van der Waals surface area contributed by atoms with Gasteiger partial charge in [-0.2, -0.15) is 87.8 Å². The van der Waals surface area contributed by atoms with Gasteiger partial charge in [-0.3, -0.25) is 0 Å². The molecule has 2 fully saturated rings. The molecule has 10 atom stereocenters. The normalized spacial score (nSPS) is 20.4. The number of alkyl halides is 20. The molecule has 101 heavy (non-hydrogen) atoms. The Kier molecular flexibility index (Phi) is 36.1. The van der Waals surface area contributed by atoms with Gasteiger partial charge in [0, 0.05) is 40.2 Å². The lowest BCUT2D eigenvalue weighted by atomic mass is 9.67. The van der Waals surface area contributed by atoms with Crippen molar-refractivity contribution >= 4 is 35.8 Å². The quantitative estimate of drug-likeness (QED) is 0.0249. The van der Waals surface area contributed by atoms with E-state index in [1.54, 1.807) is 40.7 Å². The molecule has 10 unspecified atom stereocenters. The van der Waals surface area contributed by atoms with E-state index < -0.39 is 180 Å². The summed E-state index contributed by atoms with van der Waals surface area (Å²) in [5.74, 6) is -14.1. The van der Waals surface area contributed by atoms with E-state index in [1.807, 2.05) is 6.08 Å². The second-order valence-electron chi connectivity index (χ2n) is 26.2. The van der Waals surface area contributed by atoms with Crippen LogP contribution in [0.1, 0.15) is 155 Å². The van der Waals surface area contributed by atoms with E-state index in [0.717, 1.165) is 14.0 Å². The monoisotopic (exact) mass is 1510 g/mol. The molecule has 0 aromatic carbocycles. The molecular weight excluding hydrogens is 1420 g/mol. The van der Waals surface area contributed by atoms with Crippen LogP contribution >= 0.6 is 0 Å². The summed E-state index contributed by atoms with van der Waals surface area (Å²) in [7, 11) is 0.837. The van der Waals surface area contributed by atoms with Gasteiger partial charge < -0.3 is 54.0 Å². The highest BCUT2D eigenvalue weighted by Gasteiger charge is 2.75. The SMILES string of the molecule is C=C(C)C(=O)OC(C)(C)C(C)(C)O.C=C(C)C(=O)OC(C)C(F)(F)F.C=C(C)C(=O)OC(C)CC(C)(O)C(F)(F)F.C=C(C)C(=O)OC(CC)C(F)(F)C(=O)OC.C=C(C)C(=O)OC1CC(C(C)(C)O)CC(C(O)(C(F)(F)F)C(F)(F)F)C1.OC(CC1CC2C=CC1C2)(C(F)(F)F)C(F)(F)F. The summed E-state index contributed by atoms with van der Waals surface area (Å²) >= 11 is 0. The number of aliphatic hydroxyl groups is 5. The number of allylic oxidation sites excluding steroid dienone is 2. The Labute approximate surface area is 571 Å². The predicted molar refractivity (Wildman–Crippen MR) is 321 cm³/mol. The van der Waals surface area contributed by atoms with E-state index >= 15 is 0 Å². The summed E-state index contributed by atoms with van der Waals surface area (Å²) in [5, 5.41) is 47.7. The molecular formula is C64H90F20O17. The van der Waals surface area contributed by atoms with Crippen molar-refractivity contribution in [2.75, 3.05) is 7.11 Å². The van der Waals surface area contributed by atoms with E-state index in [-0.39, 0.29) is 53.4 Å². The number of ether oxygens (including phenoxy) is 6. The molecule has 0 heterocycles. The van der Waals surface area contributed by atoms with E-state index in [1.165, 1.54) is 55.4 Å². The van der Waals surface area contributed by atoms with Gasteiger partial charge in [0.25, 0.3) is 11.2 Å². The van der Waals surface area contributed by atoms with Gasteiger partial charge in [0.15, 0.2) is 17.8 Å². The van der Waals surface area contributed by atoms with E-state index in [9.17, 15) is 132 Å². The third-order valence-electron chi connectivity index (χ3n) is 15.7. The molecule has 3 rings (SSSR count). The lowest BCUT2D eigenvalue weighted by Gasteiger charge is -2.46. The first-order chi connectivity index (χ1) is 44.5. The van der Waals surface area contributed by atoms with Gasteiger partial charge >= 0.3 is 78.8 Å². The van der Waals surface area contributed by atoms with Crippen molar-refractivity contribution in [1.29, 1.82) is 0 Å². The average molecular weight is 1510 g/mol. The van der Waals surface area contributed by atoms with E-state index in [4.69, 9.17) is 19.7 Å². The summed E-state index contributed by atoms with van der Waals surface area (Å²) in [4.78, 5) is 66.2. The minimum atomic E-state index is -5.99. The van der Waals surface area contributed by atoms with Gasteiger partial charge in [0.1, 0.15) is 17.8 Å². The number of methoxy groups -OCH3 is 1. The summed E-state index contributed by atoms with van der Waals surface area (Å²) in [6.45, 7) is 36.3.